The number of hydrogen-bond donors (Lipinski definition) is 0. The Morgan fingerprint density at radius 3 is 2.54 bits per heavy atom. The van der Waals surface area contributed by atoms with Crippen LogP contribution in [-0.2, 0) is 36.0 Å². The number of fused-ring (bicyclic) bond motifs is 2. The summed E-state index contributed by atoms with van der Waals surface area (Å²) in [5, 5.41) is 7.04. The van der Waals surface area contributed by atoms with Gasteiger partial charge in [-0.2, -0.15) is 21.6 Å². The van der Waals surface area contributed by atoms with Crippen molar-refractivity contribution in [3.8, 4) is 11.3 Å². The van der Waals surface area contributed by atoms with Crippen molar-refractivity contribution in [3.05, 3.63) is 53.1 Å². The van der Waals surface area contributed by atoms with Crippen LogP contribution in [0.3, 0.4) is 0 Å². The summed E-state index contributed by atoms with van der Waals surface area (Å²) in [7, 11) is -2.67. The van der Waals surface area contributed by atoms with Crippen molar-refractivity contribution in [2.24, 2.45) is 5.92 Å². The predicted molar refractivity (Wildman–Crippen MR) is 131 cm³/mol. The first-order valence-electron chi connectivity index (χ1n) is 12.2. The maximum absolute atomic E-state index is 13.5. The molecule has 4 heterocycles. The molecule has 0 amide bonds. The summed E-state index contributed by atoms with van der Waals surface area (Å²) in [5.74, 6) is -4.45. The van der Waals surface area contributed by atoms with Crippen LogP contribution in [0.5, 0.6) is 0 Å². The lowest BCUT2D eigenvalue weighted by Crippen LogP contribution is -2.37. The van der Waals surface area contributed by atoms with E-state index >= 15 is 0 Å². The summed E-state index contributed by atoms with van der Waals surface area (Å²) in [6, 6.07) is 8.98. The molecule has 2 aliphatic heterocycles. The number of pyridine rings is 1. The van der Waals surface area contributed by atoms with E-state index in [1.807, 2.05) is 30.0 Å². The third-order valence-corrected chi connectivity index (χ3v) is 9.23. The Balaban J connectivity index is 1.24. The van der Waals surface area contributed by atoms with E-state index in [1.54, 1.807) is 12.1 Å². The Morgan fingerprint density at radius 2 is 1.85 bits per heavy atom. The molecule has 0 radical (unpaired) electrons. The molecule has 1 atom stereocenters. The van der Waals surface area contributed by atoms with Gasteiger partial charge in [-0.1, -0.05) is 12.1 Å². The average molecular weight is 570 g/mol. The number of anilines is 2. The molecule has 1 saturated carbocycles. The zero-order chi connectivity index (χ0) is 27.9. The van der Waals surface area contributed by atoms with Crippen LogP contribution >= 0.6 is 0 Å². The third-order valence-electron chi connectivity index (χ3n) is 7.46. The van der Waals surface area contributed by atoms with Crippen molar-refractivity contribution in [1.29, 1.82) is 0 Å². The van der Waals surface area contributed by atoms with Crippen LogP contribution in [0, 0.1) is 12.8 Å². The topological polar surface area (TPSA) is 87.5 Å². The maximum Gasteiger partial charge on any atom is 0.451 e. The van der Waals surface area contributed by atoms with E-state index in [4.69, 9.17) is 0 Å². The van der Waals surface area contributed by atoms with E-state index in [0.29, 0.717) is 18.8 Å². The first kappa shape index (κ1) is 25.9. The maximum atomic E-state index is 13.5. The van der Waals surface area contributed by atoms with Crippen molar-refractivity contribution in [2.75, 3.05) is 28.7 Å². The number of halogens is 5. The largest absolute Gasteiger partial charge is 0.451 e. The Morgan fingerprint density at radius 1 is 1.10 bits per heavy atom. The molecule has 3 aliphatic rings. The molecule has 15 heteroatoms. The molecule has 1 aliphatic carbocycles. The number of aryl methyl sites for hydroxylation is 1. The molecular weight excluding hydrogens is 545 g/mol. The zero-order valence-electron chi connectivity index (χ0n) is 21.0. The Bertz CT molecular complexity index is 1570. The lowest BCUT2D eigenvalue weighted by Gasteiger charge is -2.28. The molecule has 0 spiro atoms. The molecule has 208 valence electrons. The highest BCUT2D eigenvalue weighted by Crippen LogP contribution is 2.51. The number of benzene rings is 1. The molecule has 0 saturated heterocycles. The Hall–Kier alpha value is -3.33. The molecule has 6 rings (SSSR count). The number of aromatic nitrogens is 4. The Kier molecular flexibility index (Phi) is 5.70. The predicted octanol–water partition coefficient (Wildman–Crippen LogP) is 3.84. The fourth-order valence-corrected chi connectivity index (χ4v) is 6.52. The monoisotopic (exact) mass is 569 g/mol. The molecule has 1 fully saturated rings. The summed E-state index contributed by atoms with van der Waals surface area (Å²) >= 11 is 0. The van der Waals surface area contributed by atoms with Gasteiger partial charge in [0.05, 0.1) is 17.9 Å². The van der Waals surface area contributed by atoms with E-state index in [0.717, 1.165) is 29.9 Å². The molecular formula is C24H24F5N7O2S. The first-order valence-corrected chi connectivity index (χ1v) is 13.6. The van der Waals surface area contributed by atoms with Crippen LogP contribution in [-0.4, -0.2) is 59.1 Å². The van der Waals surface area contributed by atoms with E-state index in [1.165, 1.54) is 7.05 Å². The number of rotatable bonds is 5. The lowest BCUT2D eigenvalue weighted by molar-refractivity contribution is -0.148. The molecule has 1 unspecified atom stereocenters. The molecule has 9 nitrogen and oxygen atoms in total. The van der Waals surface area contributed by atoms with Gasteiger partial charge < -0.3 is 4.57 Å². The van der Waals surface area contributed by atoms with E-state index in [2.05, 4.69) is 15.2 Å². The minimum Gasteiger partial charge on any atom is -0.305 e. The summed E-state index contributed by atoms with van der Waals surface area (Å²) in [6.07, 6.45) is -4.90. The normalized spacial score (nSPS) is 21.7. The molecule has 0 bridgehead atoms. The zero-order valence-corrected chi connectivity index (χ0v) is 21.8. The Labute approximate surface area is 221 Å². The van der Waals surface area contributed by atoms with Gasteiger partial charge in [-0.15, -0.1) is 10.2 Å². The van der Waals surface area contributed by atoms with Crippen LogP contribution in [0.25, 0.3) is 11.3 Å². The summed E-state index contributed by atoms with van der Waals surface area (Å²) in [6.45, 7) is 2.74. The molecule has 2 aromatic heterocycles. The highest BCUT2D eigenvalue weighted by Gasteiger charge is 2.59. The smallest absolute Gasteiger partial charge is 0.305 e. The van der Waals surface area contributed by atoms with Crippen molar-refractivity contribution in [2.45, 2.75) is 45.1 Å². The van der Waals surface area contributed by atoms with Crippen LogP contribution in [0.1, 0.15) is 29.2 Å². The minimum atomic E-state index is -4.56. The molecule has 39 heavy (non-hydrogen) atoms. The average Bonchev–Trinajstić information content (AvgIpc) is 3.18. The summed E-state index contributed by atoms with van der Waals surface area (Å²) < 4.78 is 95.5. The van der Waals surface area contributed by atoms with Crippen molar-refractivity contribution >= 4 is 21.7 Å². The molecule has 0 N–H and O–H groups in total. The fourth-order valence-electron chi connectivity index (χ4n) is 5.11. The molecule has 3 aromatic rings. The van der Waals surface area contributed by atoms with E-state index < -0.39 is 34.1 Å². The van der Waals surface area contributed by atoms with Gasteiger partial charge in [0, 0.05) is 51.1 Å². The van der Waals surface area contributed by atoms with Gasteiger partial charge in [0.25, 0.3) is 5.92 Å². The standard InChI is InChI=1S/C24H24F5N7O2S/c1-14-3-4-15(11-34-7-8-35-20(13-34)31-32-22(35)24(27,28)29)9-17(14)18-5-6-19-21(30-18)33(2)39(37,38)36(19)12-16-10-23(16,25)26/h3-6,9,16H,7-8,10-13H2,1-2H3. The summed E-state index contributed by atoms with van der Waals surface area (Å²) in [5.41, 5.74) is 3.31. The van der Waals surface area contributed by atoms with Crippen molar-refractivity contribution < 1.29 is 30.4 Å². The first-order chi connectivity index (χ1) is 18.3. The van der Waals surface area contributed by atoms with Gasteiger partial charge in [-0.3, -0.25) is 4.90 Å². The van der Waals surface area contributed by atoms with E-state index in [9.17, 15) is 30.4 Å². The second kappa shape index (κ2) is 8.58. The second-order valence-electron chi connectivity index (χ2n) is 10.2. The summed E-state index contributed by atoms with van der Waals surface area (Å²) in [4.78, 5) is 6.57. The van der Waals surface area contributed by atoms with Crippen LogP contribution in [0.2, 0.25) is 0 Å². The lowest BCUT2D eigenvalue weighted by atomic mass is 10.0. The quantitative estimate of drug-likeness (QED) is 0.434. The van der Waals surface area contributed by atoms with Gasteiger partial charge in [-0.25, -0.2) is 22.4 Å². The number of nitrogens with zero attached hydrogens (tertiary/aromatic N) is 7. The van der Waals surface area contributed by atoms with Crippen LogP contribution < -0.4 is 8.61 Å². The van der Waals surface area contributed by atoms with Gasteiger partial charge in [0.2, 0.25) is 5.82 Å². The minimum absolute atomic E-state index is 0.117. The molecule has 1 aromatic carbocycles. The van der Waals surface area contributed by atoms with Gasteiger partial charge in [0.15, 0.2) is 5.82 Å². The highest BCUT2D eigenvalue weighted by molar-refractivity contribution is 7.94. The number of hydrogen-bond acceptors (Lipinski definition) is 6. The number of alkyl halides is 5. The van der Waals surface area contributed by atoms with Crippen LogP contribution in [0.15, 0.2) is 30.3 Å². The van der Waals surface area contributed by atoms with Gasteiger partial charge in [0.1, 0.15) is 5.82 Å². The van der Waals surface area contributed by atoms with Gasteiger partial charge >= 0.3 is 16.4 Å². The SMILES string of the molecule is Cc1ccc(CN2CCn3c(nnc3C(F)(F)F)C2)cc1-c1ccc2c(n1)N(C)S(=O)(=O)N2CC1CC1(F)F. The van der Waals surface area contributed by atoms with Crippen LogP contribution in [0.4, 0.5) is 33.5 Å². The third kappa shape index (κ3) is 4.40. The van der Waals surface area contributed by atoms with Crippen molar-refractivity contribution in [3.63, 3.8) is 0 Å². The fraction of sp³-hybridized carbons (Fsp3) is 0.458. The highest BCUT2D eigenvalue weighted by atomic mass is 32.2. The van der Waals surface area contributed by atoms with Gasteiger partial charge in [-0.05, 0) is 36.2 Å². The second-order valence-corrected chi connectivity index (χ2v) is 12.0. The van der Waals surface area contributed by atoms with E-state index in [-0.39, 0.29) is 43.4 Å². The van der Waals surface area contributed by atoms with Crippen molar-refractivity contribution in [1.82, 2.24) is 24.6 Å².